The van der Waals surface area contributed by atoms with Crippen molar-refractivity contribution in [3.05, 3.63) is 11.7 Å². The Morgan fingerprint density at radius 2 is 2.29 bits per heavy atom. The van der Waals surface area contributed by atoms with Gasteiger partial charge in [0.25, 0.3) is 10.2 Å². The molecule has 1 aliphatic heterocycles. The highest BCUT2D eigenvalue weighted by atomic mass is 32.2. The van der Waals surface area contributed by atoms with E-state index in [4.69, 9.17) is 4.52 Å². The lowest BCUT2D eigenvalue weighted by Gasteiger charge is -2.31. The fraction of sp³-hybridized carbons (Fsp3) is 0.833. The average molecular weight is 317 g/mol. The number of aryl methyl sites for hydroxylation is 1. The molecule has 0 aromatic carbocycles. The minimum Gasteiger partial charge on any atom is -0.340 e. The third kappa shape index (κ3) is 4.73. The molecular weight excluding hydrogens is 294 g/mol. The lowest BCUT2D eigenvalue weighted by molar-refractivity contribution is 0.261. The second-order valence-electron chi connectivity index (χ2n) is 5.30. The molecule has 1 aromatic heterocycles. The molecule has 0 spiro atoms. The average Bonchev–Trinajstić information content (AvgIpc) is 2.85. The van der Waals surface area contributed by atoms with E-state index in [-0.39, 0.29) is 6.54 Å². The van der Waals surface area contributed by atoms with Gasteiger partial charge >= 0.3 is 0 Å². The zero-order valence-corrected chi connectivity index (χ0v) is 13.3. The van der Waals surface area contributed by atoms with Crippen molar-refractivity contribution in [2.75, 3.05) is 33.2 Å². The van der Waals surface area contributed by atoms with Gasteiger partial charge in [0.05, 0.1) is 0 Å². The highest BCUT2D eigenvalue weighted by molar-refractivity contribution is 7.87. The fourth-order valence-electron chi connectivity index (χ4n) is 2.53. The van der Waals surface area contributed by atoms with Crippen LogP contribution in [0.5, 0.6) is 0 Å². The van der Waals surface area contributed by atoms with Gasteiger partial charge in [-0.3, -0.25) is 0 Å². The predicted molar refractivity (Wildman–Crippen MR) is 77.9 cm³/mol. The fourth-order valence-corrected chi connectivity index (χ4v) is 3.85. The van der Waals surface area contributed by atoms with Crippen molar-refractivity contribution in [3.63, 3.8) is 0 Å². The van der Waals surface area contributed by atoms with Crippen molar-refractivity contribution in [1.29, 1.82) is 0 Å². The van der Waals surface area contributed by atoms with Gasteiger partial charge in [0, 0.05) is 33.0 Å². The molecule has 0 amide bonds. The maximum absolute atomic E-state index is 12.3. The highest BCUT2D eigenvalue weighted by Crippen LogP contribution is 2.17. The zero-order chi connectivity index (χ0) is 15.3. The lowest BCUT2D eigenvalue weighted by Crippen LogP contribution is -2.47. The molecule has 1 aromatic rings. The van der Waals surface area contributed by atoms with Crippen LogP contribution in [0.15, 0.2) is 4.52 Å². The van der Waals surface area contributed by atoms with Gasteiger partial charge in [0.2, 0.25) is 5.89 Å². The van der Waals surface area contributed by atoms with Crippen molar-refractivity contribution in [2.45, 2.75) is 26.2 Å². The van der Waals surface area contributed by atoms with Crippen molar-refractivity contribution in [2.24, 2.45) is 5.92 Å². The standard InChI is InChI=1S/C12H23N5O3S/c1-10-15-12(16-20-10)5-6-14-21(18,19)17-7-3-4-11(9-17)8-13-2/h11,13-14H,3-9H2,1-2H3. The summed E-state index contributed by atoms with van der Waals surface area (Å²) in [6.07, 6.45) is 2.39. The number of nitrogens with zero attached hydrogens (tertiary/aromatic N) is 3. The monoisotopic (exact) mass is 317 g/mol. The third-order valence-corrected chi connectivity index (χ3v) is 5.10. The van der Waals surface area contributed by atoms with Gasteiger partial charge in [-0.25, -0.2) is 4.72 Å². The van der Waals surface area contributed by atoms with Crippen LogP contribution in [0.3, 0.4) is 0 Å². The Kier molecular flexibility index (Phi) is 5.68. The number of rotatable bonds is 7. The third-order valence-electron chi connectivity index (χ3n) is 3.52. The van der Waals surface area contributed by atoms with Gasteiger partial charge in [0.15, 0.2) is 5.82 Å². The first-order chi connectivity index (χ1) is 10.0. The Morgan fingerprint density at radius 3 is 2.95 bits per heavy atom. The Labute approximate surface area is 125 Å². The number of hydrogen-bond acceptors (Lipinski definition) is 6. The first-order valence-electron chi connectivity index (χ1n) is 7.20. The van der Waals surface area contributed by atoms with Crippen LogP contribution in [0.4, 0.5) is 0 Å². The Bertz CT molecular complexity index is 543. The zero-order valence-electron chi connectivity index (χ0n) is 12.5. The molecule has 2 heterocycles. The maximum atomic E-state index is 12.3. The molecule has 1 atom stereocenters. The molecule has 8 nitrogen and oxygen atoms in total. The molecule has 0 radical (unpaired) electrons. The molecule has 2 rings (SSSR count). The van der Waals surface area contributed by atoms with Crippen molar-refractivity contribution >= 4 is 10.2 Å². The van der Waals surface area contributed by atoms with Crippen LogP contribution < -0.4 is 10.0 Å². The van der Waals surface area contributed by atoms with E-state index in [1.165, 1.54) is 4.31 Å². The lowest BCUT2D eigenvalue weighted by atomic mass is 10.00. The van der Waals surface area contributed by atoms with E-state index in [0.717, 1.165) is 19.4 Å². The first kappa shape index (κ1) is 16.3. The largest absolute Gasteiger partial charge is 0.340 e. The summed E-state index contributed by atoms with van der Waals surface area (Å²) in [7, 11) is -1.54. The van der Waals surface area contributed by atoms with E-state index in [9.17, 15) is 8.42 Å². The van der Waals surface area contributed by atoms with Crippen LogP contribution in [0, 0.1) is 12.8 Å². The summed E-state index contributed by atoms with van der Waals surface area (Å²) in [6.45, 7) is 3.97. The van der Waals surface area contributed by atoms with Gasteiger partial charge in [-0.1, -0.05) is 5.16 Å². The second kappa shape index (κ2) is 7.30. The van der Waals surface area contributed by atoms with Crippen molar-refractivity contribution < 1.29 is 12.9 Å². The SMILES string of the molecule is CNCC1CCCN(S(=O)(=O)NCCc2noc(C)n2)C1. The molecule has 0 saturated carbocycles. The number of hydrogen-bond donors (Lipinski definition) is 2. The topological polar surface area (TPSA) is 100 Å². The van der Waals surface area contributed by atoms with E-state index in [1.54, 1.807) is 6.92 Å². The Hall–Kier alpha value is -1.03. The van der Waals surface area contributed by atoms with Gasteiger partial charge in [-0.2, -0.15) is 17.7 Å². The summed E-state index contributed by atoms with van der Waals surface area (Å²) in [5.74, 6) is 1.38. The first-order valence-corrected chi connectivity index (χ1v) is 8.64. The Morgan fingerprint density at radius 1 is 1.48 bits per heavy atom. The molecule has 0 bridgehead atoms. The normalized spacial score (nSPS) is 20.8. The van der Waals surface area contributed by atoms with Gasteiger partial charge < -0.3 is 9.84 Å². The summed E-state index contributed by atoms with van der Waals surface area (Å²) in [5.41, 5.74) is 0. The van der Waals surface area contributed by atoms with E-state index < -0.39 is 10.2 Å². The summed E-state index contributed by atoms with van der Waals surface area (Å²) in [6, 6.07) is 0. The van der Waals surface area contributed by atoms with Crippen LogP contribution in [-0.4, -0.2) is 56.1 Å². The molecule has 0 aliphatic carbocycles. The van der Waals surface area contributed by atoms with Gasteiger partial charge in [0.1, 0.15) is 0 Å². The summed E-state index contributed by atoms with van der Waals surface area (Å²) >= 11 is 0. The van der Waals surface area contributed by atoms with Crippen molar-refractivity contribution in [1.82, 2.24) is 24.5 Å². The molecule has 21 heavy (non-hydrogen) atoms. The predicted octanol–water partition coefficient (Wildman–Crippen LogP) is -0.314. The van der Waals surface area contributed by atoms with Crippen LogP contribution in [-0.2, 0) is 16.6 Å². The van der Waals surface area contributed by atoms with Crippen LogP contribution in [0.1, 0.15) is 24.6 Å². The summed E-state index contributed by atoms with van der Waals surface area (Å²) in [4.78, 5) is 4.04. The highest BCUT2D eigenvalue weighted by Gasteiger charge is 2.28. The molecule has 9 heteroatoms. The maximum Gasteiger partial charge on any atom is 0.279 e. The number of piperidine rings is 1. The molecule has 1 saturated heterocycles. The quantitative estimate of drug-likeness (QED) is 0.715. The van der Waals surface area contributed by atoms with Crippen LogP contribution >= 0.6 is 0 Å². The van der Waals surface area contributed by atoms with E-state index >= 15 is 0 Å². The number of nitrogens with one attached hydrogen (secondary N) is 2. The van der Waals surface area contributed by atoms with E-state index in [2.05, 4.69) is 20.2 Å². The van der Waals surface area contributed by atoms with Crippen LogP contribution in [0.25, 0.3) is 0 Å². The summed E-state index contributed by atoms with van der Waals surface area (Å²) in [5, 5.41) is 6.85. The van der Waals surface area contributed by atoms with Crippen molar-refractivity contribution in [3.8, 4) is 0 Å². The molecular formula is C12H23N5O3S. The minimum absolute atomic E-state index is 0.272. The van der Waals surface area contributed by atoms with Crippen LogP contribution in [0.2, 0.25) is 0 Å². The number of aromatic nitrogens is 2. The molecule has 1 fully saturated rings. The molecule has 1 aliphatic rings. The van der Waals surface area contributed by atoms with E-state index in [1.807, 2.05) is 7.05 Å². The smallest absolute Gasteiger partial charge is 0.279 e. The van der Waals surface area contributed by atoms with E-state index in [0.29, 0.717) is 37.1 Å². The molecule has 120 valence electrons. The molecule has 2 N–H and O–H groups in total. The molecule has 1 unspecified atom stereocenters. The minimum atomic E-state index is -3.43. The van der Waals surface area contributed by atoms with Gasteiger partial charge in [-0.15, -0.1) is 0 Å². The second-order valence-corrected chi connectivity index (χ2v) is 7.06. The Balaban J connectivity index is 1.83. The summed E-state index contributed by atoms with van der Waals surface area (Å²) < 4.78 is 33.5. The van der Waals surface area contributed by atoms with Gasteiger partial charge in [-0.05, 0) is 32.4 Å².